The number of carbonyl (C=O) groups excluding carboxylic acids is 2. The SMILES string of the molecule is CC(=O)N[C@H]1[C@H](O[C@H]2[C@@H](O)[C@@H](CO)O[C@@H](O[C@H]3[C@H](O[C@@H]4O[C@@H](C)[C@@H](O)[C@@H](O)[C@@H]4O)[C@@H](NC(C)=O)[C@H](O[C@@H]([C@@H](O)[C@H](O)CO)[C@@H](O)CO)O[C@@H]3CO)[C@@H]2O)O[C@H](CO)[C@@H](O[C@@H]2O[C@H](CO)[C@H](O)[C@H](O)[C@H]2O)[C@@H]1O[C@@H]1O[C@@H](C)[C@@H](O)[C@@H](O)[C@@H]1O. The standard InChI is InChI=1S/C46H80N2O34/c1-11-23(59)28(64)31(67)43(71-11)80-38-21(47-13(3)55)41(77-35(16(58)6-50)25(61)15(57)5-49)75-20(10-54)37(38)79-46-34(70)40(27(63)18(8-52)74-46)82-42-22(48-14(4)56)39(81-44-32(68)29(65)24(60)12(2)72-44)36(19(9-53)76-42)78-45-33(69)30(66)26(62)17(7-51)73-45/h11-12,15-46,49-54,57-70H,5-10H2,1-4H3,(H,47,55)(H,48,56)/t11-,12-,15+,16-,17+,18+,19+,20+,21+,22+,23+,24+,25-,26-,27-,28+,29+,30-,31-,32-,33+,34+,35+,36+,37+,38+,39+,40-,41-,42-,43-,44-,45-,46-/m0/s1. The molecule has 0 aromatic heterocycles. The van der Waals surface area contributed by atoms with Crippen molar-refractivity contribution in [1.29, 1.82) is 0 Å². The van der Waals surface area contributed by atoms with Gasteiger partial charge >= 0.3 is 0 Å². The monoisotopic (exact) mass is 1200 g/mol. The van der Waals surface area contributed by atoms with E-state index in [9.17, 15) is 112 Å². The fourth-order valence-electron chi connectivity index (χ4n) is 10.3. The first-order valence-electron chi connectivity index (χ1n) is 26.3. The lowest BCUT2D eigenvalue weighted by molar-refractivity contribution is -0.395. The van der Waals surface area contributed by atoms with Crippen LogP contribution < -0.4 is 10.6 Å². The van der Waals surface area contributed by atoms with Gasteiger partial charge in [-0.05, 0) is 13.8 Å². The van der Waals surface area contributed by atoms with Crippen LogP contribution >= 0.6 is 0 Å². The van der Waals surface area contributed by atoms with E-state index in [1.54, 1.807) is 0 Å². The Balaban J connectivity index is 1.40. The van der Waals surface area contributed by atoms with E-state index >= 15 is 0 Å². The van der Waals surface area contributed by atoms with Crippen LogP contribution in [0.15, 0.2) is 0 Å². The van der Waals surface area contributed by atoms with Crippen LogP contribution in [0.2, 0.25) is 0 Å². The smallest absolute Gasteiger partial charge is 0.217 e. The van der Waals surface area contributed by atoms with E-state index in [4.69, 9.17) is 56.8 Å². The largest absolute Gasteiger partial charge is 0.394 e. The van der Waals surface area contributed by atoms with Crippen LogP contribution in [0.4, 0.5) is 0 Å². The Hall–Kier alpha value is -2.34. The Morgan fingerprint density at radius 2 is 0.732 bits per heavy atom. The van der Waals surface area contributed by atoms with Crippen molar-refractivity contribution in [1.82, 2.24) is 10.6 Å². The average molecular weight is 1210 g/mol. The average Bonchev–Trinajstić information content (AvgIpc) is 2.35. The van der Waals surface area contributed by atoms with Crippen molar-refractivity contribution in [2.24, 2.45) is 0 Å². The molecule has 2 amide bonds. The van der Waals surface area contributed by atoms with Crippen LogP contribution in [-0.2, 0) is 66.4 Å². The van der Waals surface area contributed by atoms with Gasteiger partial charge in [0, 0.05) is 13.8 Å². The molecule has 6 fully saturated rings. The maximum atomic E-state index is 13.1. The molecule has 6 aliphatic rings. The second-order valence-electron chi connectivity index (χ2n) is 20.8. The van der Waals surface area contributed by atoms with Crippen molar-refractivity contribution in [3.8, 4) is 0 Å². The summed E-state index contributed by atoms with van der Waals surface area (Å²) >= 11 is 0. The normalized spacial score (nSPS) is 47.2. The van der Waals surface area contributed by atoms with Crippen molar-refractivity contribution in [3.05, 3.63) is 0 Å². The minimum atomic E-state index is -2.38. The lowest BCUT2D eigenvalue weighted by atomic mass is 9.93. The molecule has 0 aromatic carbocycles. The number of hydrogen-bond acceptors (Lipinski definition) is 34. The molecule has 22 N–H and O–H groups in total. The van der Waals surface area contributed by atoms with Gasteiger partial charge < -0.3 is 170 Å². The van der Waals surface area contributed by atoms with E-state index in [0.29, 0.717) is 0 Å². The third-order valence-electron chi connectivity index (χ3n) is 14.9. The quantitative estimate of drug-likeness (QED) is 0.0452. The van der Waals surface area contributed by atoms with Crippen LogP contribution in [0.1, 0.15) is 27.7 Å². The van der Waals surface area contributed by atoms with Crippen molar-refractivity contribution in [2.45, 2.75) is 236 Å². The Morgan fingerprint density at radius 3 is 1.15 bits per heavy atom. The molecule has 0 radical (unpaired) electrons. The zero-order chi connectivity index (χ0) is 60.9. The Bertz CT molecular complexity index is 1980. The number of ether oxygens (including phenoxy) is 12. The number of aliphatic hydroxyl groups excluding tert-OH is 20. The zero-order valence-corrected chi connectivity index (χ0v) is 44.5. The van der Waals surface area contributed by atoms with Crippen molar-refractivity contribution in [2.75, 3.05) is 39.6 Å². The predicted octanol–water partition coefficient (Wildman–Crippen LogP) is -14.3. The molecular weight excluding hydrogens is 1120 g/mol. The topological polar surface area (TPSA) is 574 Å². The summed E-state index contributed by atoms with van der Waals surface area (Å²) in [6.45, 7) is -2.12. The van der Waals surface area contributed by atoms with Gasteiger partial charge in [0.15, 0.2) is 37.7 Å². The van der Waals surface area contributed by atoms with Crippen molar-refractivity contribution < 1.29 is 169 Å². The van der Waals surface area contributed by atoms with Crippen LogP contribution in [0.5, 0.6) is 0 Å². The van der Waals surface area contributed by atoms with Crippen molar-refractivity contribution >= 4 is 11.8 Å². The zero-order valence-electron chi connectivity index (χ0n) is 44.5. The van der Waals surface area contributed by atoms with Gasteiger partial charge in [0.05, 0.1) is 51.8 Å². The molecule has 0 saturated carbocycles. The number of hydrogen-bond donors (Lipinski definition) is 22. The van der Waals surface area contributed by atoms with E-state index < -0.39 is 260 Å². The molecular formula is C46H80N2O34. The molecule has 0 bridgehead atoms. The fourth-order valence-corrected chi connectivity index (χ4v) is 10.3. The van der Waals surface area contributed by atoms with Crippen LogP contribution in [0.25, 0.3) is 0 Å². The number of nitrogens with one attached hydrogen (secondary N) is 2. The van der Waals surface area contributed by atoms with E-state index in [0.717, 1.165) is 13.8 Å². The summed E-state index contributed by atoms with van der Waals surface area (Å²) in [6.07, 6.45) is -62.7. The highest BCUT2D eigenvalue weighted by atomic mass is 16.8. The van der Waals surface area contributed by atoms with E-state index in [1.165, 1.54) is 13.8 Å². The van der Waals surface area contributed by atoms with Gasteiger partial charge in [0.2, 0.25) is 11.8 Å². The van der Waals surface area contributed by atoms with Crippen LogP contribution in [0, 0.1) is 0 Å². The van der Waals surface area contributed by atoms with E-state index in [-0.39, 0.29) is 0 Å². The first-order valence-corrected chi connectivity index (χ1v) is 26.3. The Morgan fingerprint density at radius 1 is 0.390 bits per heavy atom. The molecule has 6 saturated heterocycles. The fraction of sp³-hybridized carbons (Fsp3) is 0.957. The third-order valence-corrected chi connectivity index (χ3v) is 14.9. The summed E-state index contributed by atoms with van der Waals surface area (Å²) in [5.74, 6) is -1.85. The first-order chi connectivity index (χ1) is 38.7. The summed E-state index contributed by atoms with van der Waals surface area (Å²) in [7, 11) is 0. The molecule has 0 spiro atoms. The Labute approximate surface area is 466 Å². The van der Waals surface area contributed by atoms with Gasteiger partial charge in [-0.25, -0.2) is 0 Å². The minimum absolute atomic E-state index is 0.921. The maximum Gasteiger partial charge on any atom is 0.217 e. The second kappa shape index (κ2) is 30.0. The Kier molecular flexibility index (Phi) is 25.2. The van der Waals surface area contributed by atoms with Gasteiger partial charge in [-0.1, -0.05) is 0 Å². The predicted molar refractivity (Wildman–Crippen MR) is 254 cm³/mol. The van der Waals surface area contributed by atoms with Gasteiger partial charge in [-0.15, -0.1) is 0 Å². The van der Waals surface area contributed by atoms with E-state index in [1.807, 2.05) is 0 Å². The molecule has 34 atom stereocenters. The number of carbonyl (C=O) groups is 2. The second-order valence-corrected chi connectivity index (χ2v) is 20.8. The van der Waals surface area contributed by atoms with Gasteiger partial charge in [0.1, 0.15) is 159 Å². The highest BCUT2D eigenvalue weighted by Crippen LogP contribution is 2.39. The molecule has 6 aliphatic heterocycles. The highest BCUT2D eigenvalue weighted by molar-refractivity contribution is 5.73. The summed E-state index contributed by atoms with van der Waals surface area (Å²) in [5.41, 5.74) is 0. The minimum Gasteiger partial charge on any atom is -0.394 e. The summed E-state index contributed by atoms with van der Waals surface area (Å²) < 4.78 is 71.5. The molecule has 36 heteroatoms. The number of rotatable bonds is 23. The first kappa shape index (κ1) is 68.8. The molecule has 6 rings (SSSR count). The van der Waals surface area contributed by atoms with E-state index in [2.05, 4.69) is 10.6 Å². The third kappa shape index (κ3) is 15.1. The van der Waals surface area contributed by atoms with Gasteiger partial charge in [-0.3, -0.25) is 9.59 Å². The lowest BCUT2D eigenvalue weighted by Gasteiger charge is -2.52. The number of amides is 2. The molecule has 0 aromatic rings. The van der Waals surface area contributed by atoms with Crippen molar-refractivity contribution in [3.63, 3.8) is 0 Å². The molecule has 478 valence electrons. The lowest BCUT2D eigenvalue weighted by Crippen LogP contribution is -2.72. The van der Waals surface area contributed by atoms with Crippen LogP contribution in [0.3, 0.4) is 0 Å². The summed E-state index contributed by atoms with van der Waals surface area (Å²) in [6, 6.07) is -3.78. The summed E-state index contributed by atoms with van der Waals surface area (Å²) in [5, 5.41) is 220. The summed E-state index contributed by atoms with van der Waals surface area (Å²) in [4.78, 5) is 26.1. The highest BCUT2D eigenvalue weighted by Gasteiger charge is 2.59. The molecule has 6 heterocycles. The molecule has 0 unspecified atom stereocenters. The van der Waals surface area contributed by atoms with Gasteiger partial charge in [0.25, 0.3) is 0 Å². The number of aliphatic hydroxyl groups is 20. The van der Waals surface area contributed by atoms with Gasteiger partial charge in [-0.2, -0.15) is 0 Å². The molecule has 0 aliphatic carbocycles. The molecule has 36 nitrogen and oxygen atoms in total. The maximum absolute atomic E-state index is 13.1. The van der Waals surface area contributed by atoms with Crippen LogP contribution in [-0.4, -0.2) is 362 Å². The molecule has 82 heavy (non-hydrogen) atoms.